The number of ether oxygens (including phenoxy) is 2. The molecule has 4 rings (SSSR count). The number of rotatable bonds is 9. The number of methoxy groups -OCH3 is 1. The monoisotopic (exact) mass is 562 g/mol. The maximum Gasteiger partial charge on any atom is 0.336 e. The summed E-state index contributed by atoms with van der Waals surface area (Å²) in [6, 6.07) is 12.2. The molecule has 206 valence electrons. The molecule has 1 aromatic heterocycles. The maximum absolute atomic E-state index is 13.4. The largest absolute Gasteiger partial charge is 0.468 e. The van der Waals surface area contributed by atoms with Gasteiger partial charge in [-0.1, -0.05) is 54.1 Å². The van der Waals surface area contributed by atoms with E-state index in [4.69, 9.17) is 21.1 Å². The first-order valence-electron chi connectivity index (χ1n) is 12.4. The van der Waals surface area contributed by atoms with Gasteiger partial charge in [0.1, 0.15) is 17.5 Å². The van der Waals surface area contributed by atoms with Crippen molar-refractivity contribution < 1.29 is 24.0 Å². The number of allylic oxidation sites excluding steroid dienone is 1. The van der Waals surface area contributed by atoms with Crippen LogP contribution in [0.25, 0.3) is 6.08 Å². The molecule has 0 saturated carbocycles. The molecule has 0 radical (unpaired) electrons. The summed E-state index contributed by atoms with van der Waals surface area (Å²) in [5.74, 6) is -3.37. The number of nitro benzene ring substituents is 1. The van der Waals surface area contributed by atoms with E-state index in [1.165, 1.54) is 19.2 Å². The van der Waals surface area contributed by atoms with Gasteiger partial charge in [0.2, 0.25) is 0 Å². The second kappa shape index (κ2) is 12.5. The highest BCUT2D eigenvalue weighted by Crippen LogP contribution is 2.44. The van der Waals surface area contributed by atoms with Crippen LogP contribution in [0.1, 0.15) is 36.5 Å². The van der Waals surface area contributed by atoms with Crippen LogP contribution in [0.5, 0.6) is 0 Å². The summed E-state index contributed by atoms with van der Waals surface area (Å²) in [6.45, 7) is 3.91. The summed E-state index contributed by atoms with van der Waals surface area (Å²) < 4.78 is 12.5. The normalized spacial score (nSPS) is 17.1. The zero-order chi connectivity index (χ0) is 28.8. The van der Waals surface area contributed by atoms with Gasteiger partial charge >= 0.3 is 11.9 Å². The summed E-state index contributed by atoms with van der Waals surface area (Å²) in [6.07, 6.45) is 8.90. The molecule has 0 bridgehead atoms. The van der Waals surface area contributed by atoms with Crippen LogP contribution in [0.3, 0.4) is 0 Å². The van der Waals surface area contributed by atoms with Crippen molar-refractivity contribution in [2.45, 2.75) is 26.3 Å². The third-order valence-corrected chi connectivity index (χ3v) is 6.98. The van der Waals surface area contributed by atoms with Gasteiger partial charge in [0.25, 0.3) is 5.69 Å². The van der Waals surface area contributed by atoms with E-state index in [1.807, 2.05) is 41.1 Å². The fraction of sp³-hybridized carbons (Fsp3) is 0.241. The third-order valence-electron chi connectivity index (χ3n) is 6.57. The van der Waals surface area contributed by atoms with Gasteiger partial charge in [-0.2, -0.15) is 0 Å². The molecule has 2 aromatic carbocycles. The van der Waals surface area contributed by atoms with Crippen molar-refractivity contribution >= 4 is 41.0 Å². The van der Waals surface area contributed by atoms with Crippen LogP contribution in [0.15, 0.2) is 83.5 Å². The second-order valence-corrected chi connectivity index (χ2v) is 9.52. The number of carbonyl (C=O) groups is 2. The number of halogens is 1. The number of carbonyl (C=O) groups excluding carboxylic acids is 2. The molecule has 2 atom stereocenters. The van der Waals surface area contributed by atoms with Gasteiger partial charge < -0.3 is 14.0 Å². The van der Waals surface area contributed by atoms with Crippen molar-refractivity contribution in [1.82, 2.24) is 9.55 Å². The number of nitro groups is 1. The summed E-state index contributed by atoms with van der Waals surface area (Å²) >= 11 is 6.44. The van der Waals surface area contributed by atoms with Gasteiger partial charge in [-0.25, -0.2) is 9.78 Å². The topological polar surface area (TPSA) is 126 Å². The summed E-state index contributed by atoms with van der Waals surface area (Å²) in [5, 5.41) is 11.4. The lowest BCUT2D eigenvalue weighted by molar-refractivity contribution is -0.384. The molecule has 0 fully saturated rings. The number of imidazole rings is 1. The Bertz CT molecular complexity index is 1510. The maximum atomic E-state index is 13.4. The first-order valence-corrected chi connectivity index (χ1v) is 12.7. The Morgan fingerprint density at radius 2 is 1.93 bits per heavy atom. The molecule has 0 aliphatic carbocycles. The van der Waals surface area contributed by atoms with E-state index < -0.39 is 28.7 Å². The predicted molar refractivity (Wildman–Crippen MR) is 150 cm³/mol. The molecule has 2 unspecified atom stereocenters. The summed E-state index contributed by atoms with van der Waals surface area (Å²) in [4.78, 5) is 45.6. The van der Waals surface area contributed by atoms with Gasteiger partial charge in [-0.15, -0.1) is 0 Å². The highest BCUT2D eigenvalue weighted by atomic mass is 35.5. The molecule has 3 aromatic rings. The van der Waals surface area contributed by atoms with Crippen molar-refractivity contribution in [2.24, 2.45) is 10.9 Å². The van der Waals surface area contributed by atoms with E-state index >= 15 is 0 Å². The molecular weight excluding hydrogens is 536 g/mol. The first-order chi connectivity index (χ1) is 19.2. The summed E-state index contributed by atoms with van der Waals surface area (Å²) in [7, 11) is 1.22. The van der Waals surface area contributed by atoms with E-state index in [-0.39, 0.29) is 28.5 Å². The van der Waals surface area contributed by atoms with Crippen LogP contribution in [0.4, 0.5) is 5.69 Å². The van der Waals surface area contributed by atoms with Crippen molar-refractivity contribution in [3.05, 3.63) is 110 Å². The first kappa shape index (κ1) is 28.4. The lowest BCUT2D eigenvalue weighted by atomic mass is 9.75. The SMILES string of the molecule is COC(=O)C1C(C)=NC(C)=C(C(=O)OCC=Cc2ccc(Cn3ccnc3)cc2)C1c1cccc([N+](=O)[O-])c1Cl. The van der Waals surface area contributed by atoms with Crippen LogP contribution >= 0.6 is 11.6 Å². The van der Waals surface area contributed by atoms with Crippen LogP contribution in [0.2, 0.25) is 5.02 Å². The predicted octanol–water partition coefficient (Wildman–Crippen LogP) is 5.37. The molecule has 40 heavy (non-hydrogen) atoms. The number of hydrogen-bond acceptors (Lipinski definition) is 8. The van der Waals surface area contributed by atoms with Crippen molar-refractivity contribution in [3.8, 4) is 0 Å². The van der Waals surface area contributed by atoms with Gasteiger partial charge in [0.15, 0.2) is 0 Å². The van der Waals surface area contributed by atoms with Gasteiger partial charge in [0.05, 0.1) is 23.9 Å². The highest BCUT2D eigenvalue weighted by molar-refractivity contribution is 6.33. The molecule has 11 heteroatoms. The number of aromatic nitrogens is 2. The Morgan fingerprint density at radius 3 is 2.58 bits per heavy atom. The minimum atomic E-state index is -1.02. The van der Waals surface area contributed by atoms with Crippen LogP contribution in [-0.4, -0.2) is 45.8 Å². The molecular formula is C29H27ClN4O6. The smallest absolute Gasteiger partial charge is 0.336 e. The molecule has 0 saturated heterocycles. The number of aliphatic imine (C=N–C) groups is 1. The molecule has 10 nitrogen and oxygen atoms in total. The van der Waals surface area contributed by atoms with Gasteiger partial charge in [0, 0.05) is 42.3 Å². The number of esters is 2. The number of nitrogens with zero attached hydrogens (tertiary/aromatic N) is 4. The quantitative estimate of drug-likeness (QED) is 0.195. The van der Waals surface area contributed by atoms with E-state index in [0.29, 0.717) is 18.0 Å². The fourth-order valence-electron chi connectivity index (χ4n) is 4.70. The van der Waals surface area contributed by atoms with Crippen LogP contribution in [-0.2, 0) is 25.6 Å². The molecule has 1 aliphatic rings. The molecule has 1 aliphatic heterocycles. The third kappa shape index (κ3) is 6.18. The Morgan fingerprint density at radius 1 is 1.18 bits per heavy atom. The van der Waals surface area contributed by atoms with Gasteiger partial charge in [-0.3, -0.25) is 19.9 Å². The van der Waals surface area contributed by atoms with Crippen LogP contribution < -0.4 is 0 Å². The van der Waals surface area contributed by atoms with Crippen molar-refractivity contribution in [2.75, 3.05) is 13.7 Å². The Kier molecular flexibility index (Phi) is 8.90. The average molecular weight is 563 g/mol. The van der Waals surface area contributed by atoms with Crippen molar-refractivity contribution in [3.63, 3.8) is 0 Å². The lowest BCUT2D eigenvalue weighted by Gasteiger charge is -2.31. The van der Waals surface area contributed by atoms with Crippen LogP contribution in [0, 0.1) is 16.0 Å². The number of hydrogen-bond donors (Lipinski definition) is 0. The van der Waals surface area contributed by atoms with E-state index in [9.17, 15) is 19.7 Å². The molecule has 2 heterocycles. The fourth-order valence-corrected chi connectivity index (χ4v) is 5.01. The average Bonchev–Trinajstić information content (AvgIpc) is 3.44. The lowest BCUT2D eigenvalue weighted by Crippen LogP contribution is -2.36. The Balaban J connectivity index is 1.55. The standard InChI is InChI=1S/C29H27ClN4O6/c1-18-24(28(35)39-3)26(22-7-4-8-23(27(22)30)34(37)38)25(19(2)32-18)29(36)40-15-5-6-20-9-11-21(12-10-20)16-33-14-13-31-17-33/h4-14,17,24,26H,15-16H2,1-3H3. The second-order valence-electron chi connectivity index (χ2n) is 9.15. The zero-order valence-corrected chi connectivity index (χ0v) is 22.9. The minimum absolute atomic E-state index is 0.0482. The Labute approximate surface area is 235 Å². The summed E-state index contributed by atoms with van der Waals surface area (Å²) in [5.41, 5.74) is 2.73. The van der Waals surface area contributed by atoms with E-state index in [2.05, 4.69) is 9.98 Å². The zero-order valence-electron chi connectivity index (χ0n) is 22.1. The minimum Gasteiger partial charge on any atom is -0.468 e. The Hall–Kier alpha value is -4.57. The molecule has 0 amide bonds. The van der Waals surface area contributed by atoms with E-state index in [1.54, 1.807) is 38.5 Å². The number of benzene rings is 2. The van der Waals surface area contributed by atoms with Gasteiger partial charge in [-0.05, 0) is 36.6 Å². The molecule has 0 spiro atoms. The highest BCUT2D eigenvalue weighted by Gasteiger charge is 2.43. The van der Waals surface area contributed by atoms with E-state index in [0.717, 1.165) is 11.1 Å². The van der Waals surface area contributed by atoms with Crippen molar-refractivity contribution in [1.29, 1.82) is 0 Å². The molecule has 0 N–H and O–H groups in total.